The van der Waals surface area contributed by atoms with Gasteiger partial charge in [-0.3, -0.25) is 4.90 Å². The molecule has 0 aromatic heterocycles. The Labute approximate surface area is 132 Å². The van der Waals surface area contributed by atoms with Gasteiger partial charge < -0.3 is 10.1 Å². The maximum atomic E-state index is 5.35. The molecule has 21 heavy (non-hydrogen) atoms. The average Bonchev–Trinajstić information content (AvgIpc) is 2.41. The van der Waals surface area contributed by atoms with Gasteiger partial charge in [-0.1, -0.05) is 41.0 Å². The molecule has 0 bridgehead atoms. The molecule has 0 amide bonds. The van der Waals surface area contributed by atoms with Gasteiger partial charge in [-0.05, 0) is 37.1 Å². The van der Waals surface area contributed by atoms with Gasteiger partial charge in [0.05, 0.1) is 6.61 Å². The minimum Gasteiger partial charge on any atom is -0.383 e. The molecular formula is C18H38N2O. The second-order valence-electron chi connectivity index (χ2n) is 7.76. The van der Waals surface area contributed by atoms with Crippen molar-refractivity contribution in [1.82, 2.24) is 10.2 Å². The van der Waals surface area contributed by atoms with Gasteiger partial charge in [-0.2, -0.15) is 0 Å². The first kappa shape index (κ1) is 18.9. The van der Waals surface area contributed by atoms with Crippen molar-refractivity contribution in [2.75, 3.05) is 33.4 Å². The molecule has 0 aliphatic heterocycles. The molecule has 0 aromatic rings. The van der Waals surface area contributed by atoms with E-state index in [-0.39, 0.29) is 0 Å². The summed E-state index contributed by atoms with van der Waals surface area (Å²) < 4.78 is 5.35. The lowest BCUT2D eigenvalue weighted by atomic mass is 9.70. The fraction of sp³-hybridized carbons (Fsp3) is 1.00. The van der Waals surface area contributed by atoms with E-state index in [0.717, 1.165) is 19.7 Å². The monoisotopic (exact) mass is 298 g/mol. The smallest absolute Gasteiger partial charge is 0.0589 e. The van der Waals surface area contributed by atoms with E-state index in [4.69, 9.17) is 4.74 Å². The zero-order valence-corrected chi connectivity index (χ0v) is 15.2. The lowest BCUT2D eigenvalue weighted by molar-refractivity contribution is 0.0271. The van der Waals surface area contributed by atoms with Crippen LogP contribution in [0.2, 0.25) is 0 Å². The average molecular weight is 299 g/mol. The third-order valence-electron chi connectivity index (χ3n) is 4.81. The highest BCUT2D eigenvalue weighted by Gasteiger charge is 2.40. The van der Waals surface area contributed by atoms with Crippen LogP contribution in [0.15, 0.2) is 0 Å². The van der Waals surface area contributed by atoms with E-state index in [2.05, 4.69) is 44.8 Å². The molecule has 1 fully saturated rings. The lowest BCUT2D eigenvalue weighted by Crippen LogP contribution is -2.60. The maximum Gasteiger partial charge on any atom is 0.0589 e. The quantitative estimate of drug-likeness (QED) is 0.704. The molecule has 1 N–H and O–H groups in total. The van der Waals surface area contributed by atoms with Gasteiger partial charge in [0.2, 0.25) is 0 Å². The standard InChI is InChI=1S/C18H38N2O/c1-7-11-19-17-16(9-8-10-18(17,4)5)20(12-13-21-6)14-15(2)3/h15-17,19H,7-14H2,1-6H3. The lowest BCUT2D eigenvalue weighted by Gasteiger charge is -2.49. The van der Waals surface area contributed by atoms with Crippen LogP contribution < -0.4 is 5.32 Å². The van der Waals surface area contributed by atoms with Crippen molar-refractivity contribution in [2.24, 2.45) is 11.3 Å². The Hall–Kier alpha value is -0.120. The van der Waals surface area contributed by atoms with Crippen LogP contribution in [0.3, 0.4) is 0 Å². The third-order valence-corrected chi connectivity index (χ3v) is 4.81. The van der Waals surface area contributed by atoms with Crippen molar-refractivity contribution in [3.05, 3.63) is 0 Å². The Morgan fingerprint density at radius 3 is 2.62 bits per heavy atom. The largest absolute Gasteiger partial charge is 0.383 e. The topological polar surface area (TPSA) is 24.5 Å². The molecule has 1 aliphatic rings. The van der Waals surface area contributed by atoms with Crippen molar-refractivity contribution in [2.45, 2.75) is 72.4 Å². The van der Waals surface area contributed by atoms with Gasteiger partial charge in [0.25, 0.3) is 0 Å². The van der Waals surface area contributed by atoms with Crippen LogP contribution in [-0.2, 0) is 4.74 Å². The Bertz CT molecular complexity index is 278. The van der Waals surface area contributed by atoms with E-state index in [1.807, 2.05) is 7.11 Å². The normalized spacial score (nSPS) is 25.7. The molecule has 2 unspecified atom stereocenters. The summed E-state index contributed by atoms with van der Waals surface area (Å²) in [7, 11) is 1.81. The summed E-state index contributed by atoms with van der Waals surface area (Å²) in [6, 6.07) is 1.25. The molecule has 0 heterocycles. The number of methoxy groups -OCH3 is 1. The first-order valence-corrected chi connectivity index (χ1v) is 8.88. The van der Waals surface area contributed by atoms with Crippen molar-refractivity contribution in [1.29, 1.82) is 0 Å². The summed E-state index contributed by atoms with van der Waals surface area (Å²) in [5, 5.41) is 3.86. The van der Waals surface area contributed by atoms with E-state index >= 15 is 0 Å². The SMILES string of the molecule is CCCNC1C(N(CCOC)CC(C)C)CCCC1(C)C. The highest BCUT2D eigenvalue weighted by atomic mass is 16.5. The van der Waals surface area contributed by atoms with Gasteiger partial charge in [0.1, 0.15) is 0 Å². The zero-order valence-electron chi connectivity index (χ0n) is 15.2. The zero-order chi connectivity index (χ0) is 15.9. The molecule has 0 aromatic carbocycles. The first-order valence-electron chi connectivity index (χ1n) is 8.88. The first-order chi connectivity index (χ1) is 9.92. The predicted octanol–water partition coefficient (Wildman–Crippen LogP) is 3.54. The van der Waals surface area contributed by atoms with E-state index in [0.29, 0.717) is 23.4 Å². The van der Waals surface area contributed by atoms with Gasteiger partial charge in [-0.25, -0.2) is 0 Å². The molecule has 0 spiro atoms. The summed E-state index contributed by atoms with van der Waals surface area (Å²) in [5.41, 5.74) is 0.389. The fourth-order valence-electron chi connectivity index (χ4n) is 3.79. The van der Waals surface area contributed by atoms with Crippen LogP contribution in [-0.4, -0.2) is 50.3 Å². The number of nitrogens with one attached hydrogen (secondary N) is 1. The van der Waals surface area contributed by atoms with Crippen LogP contribution in [0.5, 0.6) is 0 Å². The summed E-state index contributed by atoms with van der Waals surface area (Å²) in [5.74, 6) is 0.707. The molecule has 3 heteroatoms. The molecule has 0 radical (unpaired) electrons. The fourth-order valence-corrected chi connectivity index (χ4v) is 3.79. The summed E-state index contributed by atoms with van der Waals surface area (Å²) in [6.07, 6.45) is 5.22. The highest BCUT2D eigenvalue weighted by molar-refractivity contribution is 4.98. The third kappa shape index (κ3) is 5.88. The van der Waals surface area contributed by atoms with E-state index in [1.165, 1.54) is 32.2 Å². The Kier molecular flexibility index (Phi) is 8.22. The molecule has 1 saturated carbocycles. The summed E-state index contributed by atoms with van der Waals surface area (Å²) in [6.45, 7) is 16.0. The van der Waals surface area contributed by atoms with E-state index in [9.17, 15) is 0 Å². The maximum absolute atomic E-state index is 5.35. The number of ether oxygens (including phenoxy) is 1. The Balaban J connectivity index is 2.83. The Morgan fingerprint density at radius 2 is 2.05 bits per heavy atom. The molecular weight excluding hydrogens is 260 g/mol. The highest BCUT2D eigenvalue weighted by Crippen LogP contribution is 2.38. The van der Waals surface area contributed by atoms with Crippen molar-refractivity contribution in [3.63, 3.8) is 0 Å². The van der Waals surface area contributed by atoms with Crippen molar-refractivity contribution in [3.8, 4) is 0 Å². The van der Waals surface area contributed by atoms with Gasteiger partial charge >= 0.3 is 0 Å². The van der Waals surface area contributed by atoms with Crippen molar-refractivity contribution < 1.29 is 4.74 Å². The summed E-state index contributed by atoms with van der Waals surface area (Å²) >= 11 is 0. The van der Waals surface area contributed by atoms with Gasteiger partial charge in [0, 0.05) is 32.3 Å². The van der Waals surface area contributed by atoms with Crippen LogP contribution >= 0.6 is 0 Å². The van der Waals surface area contributed by atoms with Crippen molar-refractivity contribution >= 4 is 0 Å². The number of nitrogens with zero attached hydrogens (tertiary/aromatic N) is 1. The van der Waals surface area contributed by atoms with Gasteiger partial charge in [-0.15, -0.1) is 0 Å². The van der Waals surface area contributed by atoms with Crippen LogP contribution in [0.4, 0.5) is 0 Å². The van der Waals surface area contributed by atoms with Gasteiger partial charge in [0.15, 0.2) is 0 Å². The number of rotatable bonds is 9. The molecule has 126 valence electrons. The minimum atomic E-state index is 0.389. The molecule has 0 saturated heterocycles. The number of hydrogen-bond donors (Lipinski definition) is 1. The molecule has 3 nitrogen and oxygen atoms in total. The van der Waals surface area contributed by atoms with E-state index in [1.54, 1.807) is 0 Å². The van der Waals surface area contributed by atoms with Crippen LogP contribution in [0.25, 0.3) is 0 Å². The predicted molar refractivity (Wildman–Crippen MR) is 91.8 cm³/mol. The molecule has 1 aliphatic carbocycles. The van der Waals surface area contributed by atoms with Crippen LogP contribution in [0.1, 0.15) is 60.3 Å². The second kappa shape index (κ2) is 9.12. The summed E-state index contributed by atoms with van der Waals surface area (Å²) in [4.78, 5) is 2.68. The minimum absolute atomic E-state index is 0.389. The van der Waals surface area contributed by atoms with E-state index < -0.39 is 0 Å². The number of hydrogen-bond acceptors (Lipinski definition) is 3. The second-order valence-corrected chi connectivity index (χ2v) is 7.76. The Morgan fingerprint density at radius 1 is 1.33 bits per heavy atom. The molecule has 1 rings (SSSR count). The van der Waals surface area contributed by atoms with Crippen LogP contribution in [0, 0.1) is 11.3 Å². The molecule has 2 atom stereocenters.